The van der Waals surface area contributed by atoms with E-state index in [1.807, 2.05) is 0 Å². The Labute approximate surface area is 124 Å². The molecule has 0 amide bonds. The first-order valence-electron chi connectivity index (χ1n) is 8.38. The van der Waals surface area contributed by atoms with Gasteiger partial charge in [0, 0.05) is 12.0 Å². The maximum Gasteiger partial charge on any atom is 0.00884 e. The quantitative estimate of drug-likeness (QED) is 0.777. The third kappa shape index (κ3) is 2.30. The number of benzene rings is 1. The second-order valence-electron chi connectivity index (χ2n) is 7.46. The maximum absolute atomic E-state index is 3.70. The molecule has 110 valence electrons. The predicted molar refractivity (Wildman–Crippen MR) is 86.3 cm³/mol. The molecule has 1 nitrogen and oxygen atoms in total. The summed E-state index contributed by atoms with van der Waals surface area (Å²) in [5, 5.41) is 3.70. The van der Waals surface area contributed by atoms with Gasteiger partial charge in [0.1, 0.15) is 0 Å². The topological polar surface area (TPSA) is 12.0 Å². The van der Waals surface area contributed by atoms with Crippen LogP contribution >= 0.6 is 0 Å². The molecule has 0 heterocycles. The highest BCUT2D eigenvalue weighted by Crippen LogP contribution is 2.64. The van der Waals surface area contributed by atoms with Crippen molar-refractivity contribution in [3.05, 3.63) is 34.9 Å². The zero-order valence-electron chi connectivity index (χ0n) is 13.4. The molecule has 20 heavy (non-hydrogen) atoms. The summed E-state index contributed by atoms with van der Waals surface area (Å²) < 4.78 is 0. The van der Waals surface area contributed by atoms with E-state index in [1.54, 1.807) is 5.56 Å². The normalized spacial score (nSPS) is 22.4. The second kappa shape index (κ2) is 5.18. The van der Waals surface area contributed by atoms with Gasteiger partial charge in [0.2, 0.25) is 0 Å². The van der Waals surface area contributed by atoms with E-state index in [9.17, 15) is 0 Å². The smallest absolute Gasteiger partial charge is 0.00884 e. The molecule has 1 spiro atoms. The van der Waals surface area contributed by atoms with Gasteiger partial charge in [-0.05, 0) is 74.6 Å². The van der Waals surface area contributed by atoms with Crippen molar-refractivity contribution in [3.8, 4) is 0 Å². The molecule has 3 rings (SSSR count). The van der Waals surface area contributed by atoms with E-state index in [4.69, 9.17) is 0 Å². The van der Waals surface area contributed by atoms with Crippen molar-refractivity contribution < 1.29 is 0 Å². The highest BCUT2D eigenvalue weighted by atomic mass is 14.9. The lowest BCUT2D eigenvalue weighted by molar-refractivity contribution is -0.0482. The van der Waals surface area contributed by atoms with E-state index in [0.29, 0.717) is 5.41 Å². The van der Waals surface area contributed by atoms with Gasteiger partial charge in [-0.25, -0.2) is 0 Å². The SMILES string of the molecule is CCCNCC1(c2ccc(C)c(C)c2)CC2(CCC2)C1. The summed E-state index contributed by atoms with van der Waals surface area (Å²) in [5.74, 6) is 0. The molecule has 1 aromatic rings. The zero-order chi connectivity index (χ0) is 14.2. The number of aryl methyl sites for hydroxylation is 2. The minimum absolute atomic E-state index is 0.425. The third-order valence-electron chi connectivity index (χ3n) is 5.85. The summed E-state index contributed by atoms with van der Waals surface area (Å²) in [6.45, 7) is 9.05. The third-order valence-corrected chi connectivity index (χ3v) is 5.85. The summed E-state index contributed by atoms with van der Waals surface area (Å²) in [5.41, 5.74) is 5.61. The molecular formula is C19H29N. The molecule has 0 aliphatic heterocycles. The van der Waals surface area contributed by atoms with Gasteiger partial charge in [0.25, 0.3) is 0 Å². The van der Waals surface area contributed by atoms with Gasteiger partial charge in [-0.2, -0.15) is 0 Å². The van der Waals surface area contributed by atoms with Gasteiger partial charge in [-0.15, -0.1) is 0 Å². The Morgan fingerprint density at radius 3 is 2.40 bits per heavy atom. The fourth-order valence-corrected chi connectivity index (χ4v) is 4.42. The minimum atomic E-state index is 0.425. The number of hydrogen-bond donors (Lipinski definition) is 1. The molecule has 2 aliphatic rings. The Balaban J connectivity index is 1.80. The van der Waals surface area contributed by atoms with Crippen molar-refractivity contribution in [3.63, 3.8) is 0 Å². The van der Waals surface area contributed by atoms with Gasteiger partial charge in [0.05, 0.1) is 0 Å². The molecule has 2 fully saturated rings. The van der Waals surface area contributed by atoms with Gasteiger partial charge < -0.3 is 5.32 Å². The highest BCUT2D eigenvalue weighted by Gasteiger charge is 2.57. The number of hydrogen-bond acceptors (Lipinski definition) is 1. The molecule has 2 saturated carbocycles. The van der Waals surface area contributed by atoms with Crippen LogP contribution in [0.3, 0.4) is 0 Å². The fourth-order valence-electron chi connectivity index (χ4n) is 4.42. The van der Waals surface area contributed by atoms with Crippen molar-refractivity contribution in [2.24, 2.45) is 5.41 Å². The Bertz CT molecular complexity index is 477. The van der Waals surface area contributed by atoms with E-state index >= 15 is 0 Å². The highest BCUT2D eigenvalue weighted by molar-refractivity contribution is 5.38. The first kappa shape index (κ1) is 14.1. The van der Waals surface area contributed by atoms with Crippen molar-refractivity contribution in [2.75, 3.05) is 13.1 Å². The van der Waals surface area contributed by atoms with Crippen LogP contribution in [0.5, 0.6) is 0 Å². The summed E-state index contributed by atoms with van der Waals surface area (Å²) in [6, 6.07) is 7.16. The molecule has 0 aromatic heterocycles. The van der Waals surface area contributed by atoms with Crippen LogP contribution in [-0.2, 0) is 5.41 Å². The lowest BCUT2D eigenvalue weighted by Crippen LogP contribution is -2.57. The average molecular weight is 271 g/mol. The van der Waals surface area contributed by atoms with Crippen LogP contribution in [0.15, 0.2) is 18.2 Å². The van der Waals surface area contributed by atoms with Crippen molar-refractivity contribution in [1.29, 1.82) is 0 Å². The van der Waals surface area contributed by atoms with Crippen LogP contribution in [0.1, 0.15) is 62.1 Å². The Kier molecular flexibility index (Phi) is 3.66. The molecule has 0 atom stereocenters. The van der Waals surface area contributed by atoms with E-state index in [-0.39, 0.29) is 0 Å². The molecular weight excluding hydrogens is 242 g/mol. The van der Waals surface area contributed by atoms with Crippen LogP contribution in [0, 0.1) is 19.3 Å². The maximum atomic E-state index is 3.70. The van der Waals surface area contributed by atoms with Crippen LogP contribution in [-0.4, -0.2) is 13.1 Å². The molecule has 1 N–H and O–H groups in total. The monoisotopic (exact) mass is 271 g/mol. The molecule has 0 unspecified atom stereocenters. The van der Waals surface area contributed by atoms with Gasteiger partial charge in [-0.1, -0.05) is 31.5 Å². The van der Waals surface area contributed by atoms with Crippen LogP contribution < -0.4 is 5.32 Å². The lowest BCUT2D eigenvalue weighted by atomic mass is 9.43. The Hall–Kier alpha value is -0.820. The fraction of sp³-hybridized carbons (Fsp3) is 0.684. The summed E-state index contributed by atoms with van der Waals surface area (Å²) in [6.07, 6.45) is 8.48. The summed E-state index contributed by atoms with van der Waals surface area (Å²) in [7, 11) is 0. The first-order chi connectivity index (χ1) is 9.59. The van der Waals surface area contributed by atoms with E-state index in [1.165, 1.54) is 56.2 Å². The molecule has 1 aromatic carbocycles. The number of nitrogens with one attached hydrogen (secondary N) is 1. The second-order valence-corrected chi connectivity index (χ2v) is 7.46. The molecule has 0 saturated heterocycles. The summed E-state index contributed by atoms with van der Waals surface area (Å²) in [4.78, 5) is 0. The van der Waals surface area contributed by atoms with Gasteiger partial charge in [0.15, 0.2) is 0 Å². The van der Waals surface area contributed by atoms with Crippen molar-refractivity contribution >= 4 is 0 Å². The van der Waals surface area contributed by atoms with Crippen LogP contribution in [0.4, 0.5) is 0 Å². The van der Waals surface area contributed by atoms with E-state index in [2.05, 4.69) is 44.3 Å². The Morgan fingerprint density at radius 1 is 1.10 bits per heavy atom. The molecule has 2 aliphatic carbocycles. The van der Waals surface area contributed by atoms with Crippen molar-refractivity contribution in [1.82, 2.24) is 5.32 Å². The standard InChI is InChI=1S/C19H29N/c1-4-10-20-14-19(12-18(13-19)8-5-9-18)17-7-6-15(2)16(3)11-17/h6-7,11,20H,4-5,8-10,12-14H2,1-3H3. The predicted octanol–water partition coefficient (Wildman–Crippen LogP) is 4.50. The van der Waals surface area contributed by atoms with Crippen molar-refractivity contribution in [2.45, 2.75) is 64.7 Å². The van der Waals surface area contributed by atoms with Crippen LogP contribution in [0.2, 0.25) is 0 Å². The zero-order valence-corrected chi connectivity index (χ0v) is 13.4. The summed E-state index contributed by atoms with van der Waals surface area (Å²) >= 11 is 0. The largest absolute Gasteiger partial charge is 0.316 e. The van der Waals surface area contributed by atoms with E-state index in [0.717, 1.165) is 12.0 Å². The van der Waals surface area contributed by atoms with E-state index < -0.39 is 0 Å². The molecule has 0 bridgehead atoms. The average Bonchev–Trinajstić information content (AvgIpc) is 2.34. The first-order valence-corrected chi connectivity index (χ1v) is 8.38. The Morgan fingerprint density at radius 2 is 1.85 bits per heavy atom. The minimum Gasteiger partial charge on any atom is -0.316 e. The van der Waals surface area contributed by atoms with Gasteiger partial charge >= 0.3 is 0 Å². The number of rotatable bonds is 5. The van der Waals surface area contributed by atoms with Gasteiger partial charge in [-0.3, -0.25) is 0 Å². The molecule has 0 radical (unpaired) electrons. The lowest BCUT2D eigenvalue weighted by Gasteiger charge is -2.62. The van der Waals surface area contributed by atoms with Crippen LogP contribution in [0.25, 0.3) is 0 Å². The molecule has 1 heteroatoms.